The number of ketones is 1. The van der Waals surface area contributed by atoms with Gasteiger partial charge in [-0.15, -0.1) is 6.58 Å². The lowest BCUT2D eigenvalue weighted by Crippen LogP contribution is -2.35. The standard InChI is InChI=1S/C15H19BrO2/c1-2-9-15(10-11-5-3-6-12(11)16)13(17)7-4-8-14(15)18/h2,7,17H,1,3-6,8-10H2. The fourth-order valence-corrected chi connectivity index (χ4v) is 3.58. The minimum atomic E-state index is -0.737. The molecule has 0 aromatic rings. The molecule has 0 heterocycles. The maximum absolute atomic E-state index is 12.3. The monoisotopic (exact) mass is 310 g/mol. The first-order valence-electron chi connectivity index (χ1n) is 6.50. The summed E-state index contributed by atoms with van der Waals surface area (Å²) in [5.74, 6) is 0.403. The largest absolute Gasteiger partial charge is 0.512 e. The van der Waals surface area contributed by atoms with Crippen LogP contribution >= 0.6 is 15.9 Å². The van der Waals surface area contributed by atoms with Crippen molar-refractivity contribution in [3.05, 3.63) is 34.5 Å². The van der Waals surface area contributed by atoms with Crippen molar-refractivity contribution in [3.8, 4) is 0 Å². The molecule has 0 saturated heterocycles. The second-order valence-electron chi connectivity index (χ2n) is 5.16. The normalized spacial score (nSPS) is 28.5. The van der Waals surface area contributed by atoms with Crippen LogP contribution in [0.5, 0.6) is 0 Å². The summed E-state index contributed by atoms with van der Waals surface area (Å²) in [5.41, 5.74) is 0.547. The summed E-state index contributed by atoms with van der Waals surface area (Å²) in [6.07, 6.45) is 9.12. The summed E-state index contributed by atoms with van der Waals surface area (Å²) in [6, 6.07) is 0. The Bertz CT molecular complexity index is 434. The van der Waals surface area contributed by atoms with Crippen LogP contribution in [0.25, 0.3) is 0 Å². The molecule has 0 spiro atoms. The molecule has 1 atom stereocenters. The van der Waals surface area contributed by atoms with Gasteiger partial charge in [-0.2, -0.15) is 0 Å². The molecule has 0 aromatic heterocycles. The highest BCUT2D eigenvalue weighted by Crippen LogP contribution is 2.46. The zero-order valence-electron chi connectivity index (χ0n) is 10.5. The summed E-state index contributed by atoms with van der Waals surface area (Å²) in [4.78, 5) is 12.3. The van der Waals surface area contributed by atoms with Gasteiger partial charge in [-0.1, -0.05) is 27.6 Å². The van der Waals surface area contributed by atoms with E-state index in [1.54, 1.807) is 12.2 Å². The number of hydrogen-bond donors (Lipinski definition) is 1. The van der Waals surface area contributed by atoms with E-state index in [1.165, 1.54) is 10.1 Å². The van der Waals surface area contributed by atoms with Gasteiger partial charge in [0.05, 0.1) is 5.41 Å². The van der Waals surface area contributed by atoms with Crippen molar-refractivity contribution in [1.29, 1.82) is 0 Å². The summed E-state index contributed by atoms with van der Waals surface area (Å²) >= 11 is 3.59. The maximum Gasteiger partial charge on any atom is 0.147 e. The third-order valence-corrected chi connectivity index (χ3v) is 4.96. The van der Waals surface area contributed by atoms with E-state index in [-0.39, 0.29) is 11.5 Å². The minimum Gasteiger partial charge on any atom is -0.512 e. The van der Waals surface area contributed by atoms with E-state index in [0.717, 1.165) is 19.3 Å². The van der Waals surface area contributed by atoms with Crippen molar-refractivity contribution in [2.75, 3.05) is 0 Å². The second-order valence-corrected chi connectivity index (χ2v) is 6.12. The Hall–Kier alpha value is -0.830. The zero-order valence-corrected chi connectivity index (χ0v) is 12.1. The Labute approximate surface area is 117 Å². The number of halogens is 1. The van der Waals surface area contributed by atoms with Gasteiger partial charge in [-0.05, 0) is 49.1 Å². The van der Waals surface area contributed by atoms with Gasteiger partial charge in [-0.3, -0.25) is 4.79 Å². The van der Waals surface area contributed by atoms with Crippen molar-refractivity contribution in [1.82, 2.24) is 0 Å². The minimum absolute atomic E-state index is 0.155. The molecule has 2 nitrogen and oxygen atoms in total. The molecule has 0 amide bonds. The van der Waals surface area contributed by atoms with Gasteiger partial charge < -0.3 is 5.11 Å². The predicted octanol–water partition coefficient (Wildman–Crippen LogP) is 4.58. The third kappa shape index (κ3) is 2.33. The number of carbonyl (C=O) groups excluding carboxylic acids is 1. The molecule has 3 heteroatoms. The Kier molecular flexibility index (Phi) is 4.10. The first kappa shape index (κ1) is 13.6. The predicted molar refractivity (Wildman–Crippen MR) is 76.6 cm³/mol. The van der Waals surface area contributed by atoms with E-state index in [1.807, 2.05) is 0 Å². The Balaban J connectivity index is 2.34. The van der Waals surface area contributed by atoms with Gasteiger partial charge in [0.15, 0.2) is 0 Å². The average Bonchev–Trinajstić information content (AvgIpc) is 2.72. The van der Waals surface area contributed by atoms with Crippen LogP contribution in [0.3, 0.4) is 0 Å². The molecular weight excluding hydrogens is 292 g/mol. The highest BCUT2D eigenvalue weighted by atomic mass is 79.9. The topological polar surface area (TPSA) is 37.3 Å². The maximum atomic E-state index is 12.3. The Morgan fingerprint density at radius 3 is 2.78 bits per heavy atom. The number of allylic oxidation sites excluding steroid dienone is 5. The van der Waals surface area contributed by atoms with Crippen molar-refractivity contribution in [2.24, 2.45) is 5.41 Å². The number of aliphatic hydroxyl groups is 1. The van der Waals surface area contributed by atoms with Crippen LogP contribution in [0.1, 0.15) is 44.9 Å². The lowest BCUT2D eigenvalue weighted by molar-refractivity contribution is -0.128. The molecule has 2 aliphatic carbocycles. The molecule has 0 saturated carbocycles. The SMILES string of the molecule is C=CCC1(CC2=C(Br)CCC2)C(=O)CCC=C1O. The Morgan fingerprint density at radius 2 is 2.22 bits per heavy atom. The van der Waals surface area contributed by atoms with Gasteiger partial charge in [-0.25, -0.2) is 0 Å². The molecule has 0 aliphatic heterocycles. The summed E-state index contributed by atoms with van der Waals surface area (Å²) in [7, 11) is 0. The van der Waals surface area contributed by atoms with E-state index in [9.17, 15) is 9.90 Å². The summed E-state index contributed by atoms with van der Waals surface area (Å²) in [6.45, 7) is 3.74. The van der Waals surface area contributed by atoms with E-state index in [4.69, 9.17) is 0 Å². The van der Waals surface area contributed by atoms with E-state index in [0.29, 0.717) is 25.7 Å². The van der Waals surface area contributed by atoms with Gasteiger partial charge in [0.1, 0.15) is 11.5 Å². The van der Waals surface area contributed by atoms with Crippen LogP contribution in [0.2, 0.25) is 0 Å². The number of aliphatic hydroxyl groups excluding tert-OH is 1. The quantitative estimate of drug-likeness (QED) is 0.772. The molecule has 2 aliphatic rings. The number of Topliss-reactive ketones (excluding diaryl/α,β-unsaturated/α-hetero) is 1. The van der Waals surface area contributed by atoms with Crippen molar-refractivity contribution in [2.45, 2.75) is 44.9 Å². The van der Waals surface area contributed by atoms with Crippen LogP contribution in [0.15, 0.2) is 34.5 Å². The van der Waals surface area contributed by atoms with E-state index >= 15 is 0 Å². The van der Waals surface area contributed by atoms with Crippen LogP contribution in [0.4, 0.5) is 0 Å². The van der Waals surface area contributed by atoms with Gasteiger partial charge in [0.25, 0.3) is 0 Å². The average molecular weight is 311 g/mol. The molecule has 0 radical (unpaired) electrons. The second kappa shape index (κ2) is 5.43. The van der Waals surface area contributed by atoms with E-state index in [2.05, 4.69) is 22.5 Å². The van der Waals surface area contributed by atoms with Crippen LogP contribution in [-0.2, 0) is 4.79 Å². The first-order valence-corrected chi connectivity index (χ1v) is 7.29. The molecule has 0 fully saturated rings. The summed E-state index contributed by atoms with van der Waals surface area (Å²) < 4.78 is 1.22. The fraction of sp³-hybridized carbons (Fsp3) is 0.533. The first-order chi connectivity index (χ1) is 8.60. The molecule has 2 rings (SSSR count). The molecule has 98 valence electrons. The van der Waals surface area contributed by atoms with Crippen LogP contribution < -0.4 is 0 Å². The lowest BCUT2D eigenvalue weighted by Gasteiger charge is -2.34. The molecule has 0 bridgehead atoms. The number of rotatable bonds is 4. The molecule has 1 unspecified atom stereocenters. The van der Waals surface area contributed by atoms with Crippen molar-refractivity contribution in [3.63, 3.8) is 0 Å². The van der Waals surface area contributed by atoms with Gasteiger partial charge >= 0.3 is 0 Å². The number of carbonyl (C=O) groups is 1. The van der Waals surface area contributed by atoms with Gasteiger partial charge in [0, 0.05) is 6.42 Å². The van der Waals surface area contributed by atoms with Crippen molar-refractivity contribution >= 4 is 21.7 Å². The van der Waals surface area contributed by atoms with Crippen molar-refractivity contribution < 1.29 is 9.90 Å². The Morgan fingerprint density at radius 1 is 1.44 bits per heavy atom. The summed E-state index contributed by atoms with van der Waals surface area (Å²) in [5, 5.41) is 10.2. The smallest absolute Gasteiger partial charge is 0.147 e. The van der Waals surface area contributed by atoms with Crippen LogP contribution in [-0.4, -0.2) is 10.9 Å². The fourth-order valence-electron chi connectivity index (χ4n) is 2.96. The molecule has 18 heavy (non-hydrogen) atoms. The highest BCUT2D eigenvalue weighted by Gasteiger charge is 2.43. The van der Waals surface area contributed by atoms with Gasteiger partial charge in [0.2, 0.25) is 0 Å². The third-order valence-electron chi connectivity index (χ3n) is 4.00. The highest BCUT2D eigenvalue weighted by molar-refractivity contribution is 9.11. The molecule has 1 N–H and O–H groups in total. The molecule has 0 aromatic carbocycles. The van der Waals surface area contributed by atoms with Crippen LogP contribution in [0, 0.1) is 5.41 Å². The zero-order chi connectivity index (χ0) is 13.2. The lowest BCUT2D eigenvalue weighted by atomic mass is 9.69. The number of hydrogen-bond acceptors (Lipinski definition) is 2. The van der Waals surface area contributed by atoms with E-state index < -0.39 is 5.41 Å². The molecular formula is C15H19BrO2.